The molecule has 2 N–H and O–H groups in total. The van der Waals surface area contributed by atoms with E-state index in [9.17, 15) is 8.42 Å². The average molecular weight is 477 g/mol. The molecule has 0 spiro atoms. The molecule has 0 aromatic carbocycles. The van der Waals surface area contributed by atoms with E-state index < -0.39 is 9.84 Å². The fraction of sp³-hybridized carbons (Fsp3) is 0.938. The maximum atomic E-state index is 11.0. The van der Waals surface area contributed by atoms with Crippen LogP contribution in [-0.4, -0.2) is 58.7 Å². The van der Waals surface area contributed by atoms with Gasteiger partial charge in [0.2, 0.25) is 0 Å². The van der Waals surface area contributed by atoms with Gasteiger partial charge in [-0.1, -0.05) is 32.6 Å². The smallest absolute Gasteiger partial charge is 0.191 e. The molecule has 146 valence electrons. The molecule has 0 aliphatic carbocycles. The van der Waals surface area contributed by atoms with Crippen LogP contribution in [0.3, 0.4) is 0 Å². The lowest BCUT2D eigenvalue weighted by molar-refractivity contribution is 0.157. The summed E-state index contributed by atoms with van der Waals surface area (Å²) in [5, 5.41) is 6.62. The first-order chi connectivity index (χ1) is 10.9. The van der Waals surface area contributed by atoms with Crippen LogP contribution < -0.4 is 10.6 Å². The summed E-state index contributed by atoms with van der Waals surface area (Å²) in [6, 6.07) is 0.385. The van der Waals surface area contributed by atoms with Gasteiger partial charge in [0, 0.05) is 18.8 Å². The van der Waals surface area contributed by atoms with Gasteiger partial charge in [0.1, 0.15) is 9.84 Å². The molecule has 0 aliphatic heterocycles. The molecule has 0 aromatic heterocycles. The van der Waals surface area contributed by atoms with Crippen LogP contribution in [0.5, 0.6) is 0 Å². The van der Waals surface area contributed by atoms with Crippen molar-refractivity contribution in [1.29, 1.82) is 0 Å². The summed E-state index contributed by atoms with van der Waals surface area (Å²) in [5.41, 5.74) is 0. The molecule has 0 aromatic rings. The molecule has 1 unspecified atom stereocenters. The Kier molecular flexibility index (Phi) is 17.8. The molecule has 0 amide bonds. The van der Waals surface area contributed by atoms with Crippen molar-refractivity contribution in [3.8, 4) is 0 Å². The molecule has 24 heavy (non-hydrogen) atoms. The minimum Gasteiger partial charge on any atom is -0.378 e. The second-order valence-corrected chi connectivity index (χ2v) is 8.16. The van der Waals surface area contributed by atoms with Crippen molar-refractivity contribution in [3.63, 3.8) is 0 Å². The summed E-state index contributed by atoms with van der Waals surface area (Å²) >= 11 is 0. The largest absolute Gasteiger partial charge is 0.378 e. The van der Waals surface area contributed by atoms with Gasteiger partial charge in [-0.15, -0.1) is 24.0 Å². The number of unbranched alkanes of at least 4 members (excludes halogenated alkanes) is 3. The lowest BCUT2D eigenvalue weighted by Gasteiger charge is -2.17. The number of sulfone groups is 1. The number of ether oxygens (including phenoxy) is 1. The van der Waals surface area contributed by atoms with Crippen LogP contribution in [0.25, 0.3) is 0 Å². The molecule has 0 aliphatic rings. The zero-order valence-corrected chi connectivity index (χ0v) is 18.8. The van der Waals surface area contributed by atoms with Crippen molar-refractivity contribution >= 4 is 39.8 Å². The van der Waals surface area contributed by atoms with Gasteiger partial charge >= 0.3 is 0 Å². The molecule has 8 heteroatoms. The van der Waals surface area contributed by atoms with E-state index in [0.29, 0.717) is 19.2 Å². The molecule has 1 atom stereocenters. The van der Waals surface area contributed by atoms with E-state index in [1.54, 1.807) is 0 Å². The first-order valence-corrected chi connectivity index (χ1v) is 10.7. The van der Waals surface area contributed by atoms with Gasteiger partial charge in [0.25, 0.3) is 0 Å². The molecule has 0 bridgehead atoms. The number of nitrogens with one attached hydrogen (secondary N) is 2. The van der Waals surface area contributed by atoms with Crippen LogP contribution in [-0.2, 0) is 14.6 Å². The van der Waals surface area contributed by atoms with Crippen LogP contribution in [0.1, 0.15) is 52.9 Å². The summed E-state index contributed by atoms with van der Waals surface area (Å²) in [6.45, 7) is 8.40. The molecule has 0 rings (SSSR count). The van der Waals surface area contributed by atoms with Gasteiger partial charge in [-0.3, -0.25) is 4.99 Å². The Labute approximate surface area is 165 Å². The molecule has 0 radical (unpaired) electrons. The summed E-state index contributed by atoms with van der Waals surface area (Å²) < 4.78 is 27.2. The highest BCUT2D eigenvalue weighted by molar-refractivity contribution is 14.0. The number of halogens is 1. The van der Waals surface area contributed by atoms with Gasteiger partial charge in [-0.05, 0) is 20.3 Å². The van der Waals surface area contributed by atoms with E-state index in [2.05, 4.69) is 29.5 Å². The van der Waals surface area contributed by atoms with Crippen LogP contribution >= 0.6 is 24.0 Å². The average Bonchev–Trinajstić information content (AvgIpc) is 2.46. The Morgan fingerprint density at radius 1 is 1.17 bits per heavy atom. The van der Waals surface area contributed by atoms with Crippen LogP contribution in [0.4, 0.5) is 0 Å². The van der Waals surface area contributed by atoms with Crippen molar-refractivity contribution in [2.24, 2.45) is 4.99 Å². The summed E-state index contributed by atoms with van der Waals surface area (Å²) in [4.78, 5) is 4.45. The molecule has 6 nitrogen and oxygen atoms in total. The fourth-order valence-electron chi connectivity index (χ4n) is 2.04. The predicted molar refractivity (Wildman–Crippen MR) is 113 cm³/mol. The lowest BCUT2D eigenvalue weighted by atomic mass is 10.1. The molecule has 0 heterocycles. The maximum Gasteiger partial charge on any atom is 0.191 e. The minimum atomic E-state index is -2.95. The van der Waals surface area contributed by atoms with Crippen molar-refractivity contribution in [2.45, 2.75) is 58.9 Å². The summed E-state index contributed by atoms with van der Waals surface area (Å²) in [7, 11) is -2.95. The monoisotopic (exact) mass is 477 g/mol. The third kappa shape index (κ3) is 18.3. The number of guanidine groups is 1. The predicted octanol–water partition coefficient (Wildman–Crippen LogP) is 2.58. The van der Waals surface area contributed by atoms with Crippen LogP contribution in [0.15, 0.2) is 4.99 Å². The Hall–Kier alpha value is -0.0900. The number of rotatable bonds is 13. The first kappa shape index (κ1) is 26.1. The molecular weight excluding hydrogens is 441 g/mol. The molecular formula is C16H36IN3O3S. The zero-order valence-electron chi connectivity index (χ0n) is 15.6. The molecule has 0 fully saturated rings. The summed E-state index contributed by atoms with van der Waals surface area (Å²) in [6.07, 6.45) is 7.41. The third-order valence-electron chi connectivity index (χ3n) is 3.32. The Morgan fingerprint density at radius 2 is 1.88 bits per heavy atom. The van der Waals surface area contributed by atoms with Gasteiger partial charge < -0.3 is 15.4 Å². The number of hydrogen-bond acceptors (Lipinski definition) is 4. The van der Waals surface area contributed by atoms with E-state index in [-0.39, 0.29) is 36.3 Å². The fourth-order valence-corrected chi connectivity index (χ4v) is 2.46. The Bertz CT molecular complexity index is 417. The van der Waals surface area contributed by atoms with Gasteiger partial charge in [-0.25, -0.2) is 8.42 Å². The van der Waals surface area contributed by atoms with Gasteiger partial charge in [0.05, 0.1) is 25.5 Å². The lowest BCUT2D eigenvalue weighted by Crippen LogP contribution is -2.42. The number of nitrogens with zero attached hydrogens (tertiary/aromatic N) is 1. The SMILES string of the molecule is CCCCCCC(C)NC(=NCCOCCS(C)(=O)=O)NCC.I. The van der Waals surface area contributed by atoms with E-state index in [4.69, 9.17) is 4.74 Å². The highest BCUT2D eigenvalue weighted by Gasteiger charge is 2.05. The molecule has 0 saturated carbocycles. The highest BCUT2D eigenvalue weighted by atomic mass is 127. The van der Waals surface area contributed by atoms with E-state index in [0.717, 1.165) is 18.9 Å². The standard InChI is InChI=1S/C16H35N3O3S.HI/c1-5-7-8-9-10-15(3)19-16(17-6-2)18-11-12-22-13-14-23(4,20)21;/h15H,5-14H2,1-4H3,(H2,17,18,19);1H. The first-order valence-electron chi connectivity index (χ1n) is 8.69. The number of hydrogen-bond donors (Lipinski definition) is 2. The molecule has 0 saturated heterocycles. The third-order valence-corrected chi connectivity index (χ3v) is 4.23. The normalized spacial score (nSPS) is 13.2. The highest BCUT2D eigenvalue weighted by Crippen LogP contribution is 2.05. The quantitative estimate of drug-likeness (QED) is 0.185. The van der Waals surface area contributed by atoms with Crippen molar-refractivity contribution in [2.75, 3.05) is 38.3 Å². The van der Waals surface area contributed by atoms with Crippen molar-refractivity contribution in [3.05, 3.63) is 0 Å². The van der Waals surface area contributed by atoms with Crippen LogP contribution in [0, 0.1) is 0 Å². The van der Waals surface area contributed by atoms with E-state index in [1.165, 1.54) is 31.9 Å². The van der Waals surface area contributed by atoms with Gasteiger partial charge in [-0.2, -0.15) is 0 Å². The van der Waals surface area contributed by atoms with Crippen LogP contribution in [0.2, 0.25) is 0 Å². The topological polar surface area (TPSA) is 79.8 Å². The number of aliphatic imine (C=N–C) groups is 1. The van der Waals surface area contributed by atoms with Crippen molar-refractivity contribution in [1.82, 2.24) is 10.6 Å². The van der Waals surface area contributed by atoms with Gasteiger partial charge in [0.15, 0.2) is 5.96 Å². The second-order valence-electron chi connectivity index (χ2n) is 5.90. The Morgan fingerprint density at radius 3 is 2.46 bits per heavy atom. The summed E-state index contributed by atoms with van der Waals surface area (Å²) in [5.74, 6) is 0.853. The second kappa shape index (κ2) is 16.4. The zero-order chi connectivity index (χ0) is 17.6. The minimum absolute atomic E-state index is 0. The van der Waals surface area contributed by atoms with E-state index in [1.807, 2.05) is 6.92 Å². The van der Waals surface area contributed by atoms with E-state index >= 15 is 0 Å². The maximum absolute atomic E-state index is 11.0. The Balaban J connectivity index is 0. The van der Waals surface area contributed by atoms with Crippen molar-refractivity contribution < 1.29 is 13.2 Å².